The molecule has 2 aromatic rings. The monoisotopic (exact) mass is 266 g/mol. The molecule has 0 bridgehead atoms. The maximum Gasteiger partial charge on any atom is 0.0998 e. The molecule has 4 nitrogen and oxygen atoms in total. The summed E-state index contributed by atoms with van der Waals surface area (Å²) in [5, 5.41) is 13.7. The van der Waals surface area contributed by atoms with Crippen molar-refractivity contribution in [2.75, 3.05) is 18.5 Å². The summed E-state index contributed by atoms with van der Waals surface area (Å²) in [4.78, 5) is 2.24. The number of nitriles is 1. The molecule has 0 radical (unpaired) electrons. The Morgan fingerprint density at radius 1 is 1.35 bits per heavy atom. The zero-order valence-electron chi connectivity index (χ0n) is 12.1. The molecule has 1 aliphatic heterocycles. The first-order chi connectivity index (χ1) is 9.60. The van der Waals surface area contributed by atoms with E-state index in [2.05, 4.69) is 36.1 Å². The molecule has 0 spiro atoms. The van der Waals surface area contributed by atoms with Gasteiger partial charge in [-0.1, -0.05) is 6.92 Å². The second-order valence-corrected chi connectivity index (χ2v) is 5.58. The van der Waals surface area contributed by atoms with E-state index in [9.17, 15) is 5.26 Å². The van der Waals surface area contributed by atoms with Crippen molar-refractivity contribution in [3.63, 3.8) is 0 Å². The molecule has 2 heterocycles. The number of hydrogen-bond acceptors (Lipinski definition) is 3. The Balaban J connectivity index is 2.21. The smallest absolute Gasteiger partial charge is 0.0998 e. The normalized spacial score (nSPS) is 17.7. The molecular weight excluding hydrogens is 248 g/mol. The van der Waals surface area contributed by atoms with E-state index in [1.165, 1.54) is 11.3 Å². The van der Waals surface area contributed by atoms with E-state index in [4.69, 9.17) is 0 Å². The Labute approximate surface area is 119 Å². The van der Waals surface area contributed by atoms with Crippen LogP contribution in [0.3, 0.4) is 0 Å². The number of rotatable bonds is 1. The average Bonchev–Trinajstić information content (AvgIpc) is 2.88. The topological polar surface area (TPSA) is 44.9 Å². The van der Waals surface area contributed by atoms with Gasteiger partial charge in [0.1, 0.15) is 0 Å². The summed E-state index contributed by atoms with van der Waals surface area (Å²) < 4.78 is 1.77. The number of aryl methyl sites for hydroxylation is 1. The molecule has 4 heteroatoms. The summed E-state index contributed by atoms with van der Waals surface area (Å²) in [5.41, 5.74) is 5.23. The SMILES string of the molecule is C[C@@H]1CCN(C)c2cc(C#N)c(-c3cnn(C)c3)cc21. The Hall–Kier alpha value is -2.28. The molecular formula is C16H18N4. The molecule has 3 rings (SSSR count). The lowest BCUT2D eigenvalue weighted by atomic mass is 9.87. The molecule has 0 saturated heterocycles. The fourth-order valence-electron chi connectivity index (χ4n) is 2.89. The third kappa shape index (κ3) is 1.96. The average molecular weight is 266 g/mol. The van der Waals surface area contributed by atoms with Crippen molar-refractivity contribution >= 4 is 5.69 Å². The van der Waals surface area contributed by atoms with Gasteiger partial charge >= 0.3 is 0 Å². The molecule has 0 aliphatic carbocycles. The molecule has 1 aromatic heterocycles. The van der Waals surface area contributed by atoms with E-state index in [0.717, 1.165) is 29.7 Å². The number of benzene rings is 1. The molecule has 0 amide bonds. The van der Waals surface area contributed by atoms with Crippen molar-refractivity contribution < 1.29 is 0 Å². The highest BCUT2D eigenvalue weighted by Gasteiger charge is 2.22. The lowest BCUT2D eigenvalue weighted by molar-refractivity contribution is 0.637. The van der Waals surface area contributed by atoms with Gasteiger partial charge in [0.05, 0.1) is 17.8 Å². The fourth-order valence-corrected chi connectivity index (χ4v) is 2.89. The second kappa shape index (κ2) is 4.68. The summed E-state index contributed by atoms with van der Waals surface area (Å²) in [7, 11) is 3.99. The van der Waals surface area contributed by atoms with Gasteiger partial charge in [-0.25, -0.2) is 0 Å². The van der Waals surface area contributed by atoms with Crippen molar-refractivity contribution in [3.05, 3.63) is 35.7 Å². The Bertz CT molecular complexity index is 693. The van der Waals surface area contributed by atoms with Crippen molar-refractivity contribution in [1.29, 1.82) is 5.26 Å². The first-order valence-electron chi connectivity index (χ1n) is 6.88. The first kappa shape index (κ1) is 12.7. The van der Waals surface area contributed by atoms with E-state index in [-0.39, 0.29) is 0 Å². The molecule has 0 N–H and O–H groups in total. The Morgan fingerprint density at radius 2 is 2.15 bits per heavy atom. The highest BCUT2D eigenvalue weighted by molar-refractivity contribution is 5.76. The largest absolute Gasteiger partial charge is 0.374 e. The quantitative estimate of drug-likeness (QED) is 0.797. The van der Waals surface area contributed by atoms with Gasteiger partial charge in [-0.3, -0.25) is 4.68 Å². The van der Waals surface area contributed by atoms with E-state index in [1.807, 2.05) is 25.5 Å². The van der Waals surface area contributed by atoms with Gasteiger partial charge in [0.2, 0.25) is 0 Å². The van der Waals surface area contributed by atoms with Crippen molar-refractivity contribution in [2.24, 2.45) is 7.05 Å². The van der Waals surface area contributed by atoms with Gasteiger partial charge in [-0.05, 0) is 30.0 Å². The summed E-state index contributed by atoms with van der Waals surface area (Å²) in [5.74, 6) is 0.532. The number of hydrogen-bond donors (Lipinski definition) is 0. The summed E-state index contributed by atoms with van der Waals surface area (Å²) in [6.07, 6.45) is 4.93. The molecule has 0 saturated carbocycles. The lowest BCUT2D eigenvalue weighted by Gasteiger charge is -2.32. The van der Waals surface area contributed by atoms with Crippen LogP contribution in [0.4, 0.5) is 5.69 Å². The summed E-state index contributed by atoms with van der Waals surface area (Å²) >= 11 is 0. The minimum atomic E-state index is 0.532. The first-order valence-corrected chi connectivity index (χ1v) is 6.88. The summed E-state index contributed by atoms with van der Waals surface area (Å²) in [6, 6.07) is 6.52. The predicted octanol–water partition coefficient (Wildman–Crippen LogP) is 2.90. The van der Waals surface area contributed by atoms with Crippen LogP contribution >= 0.6 is 0 Å². The Kier molecular flexibility index (Phi) is 2.98. The van der Waals surface area contributed by atoms with Gasteiger partial charge in [0, 0.05) is 43.7 Å². The molecule has 0 fully saturated rings. The fraction of sp³-hybridized carbons (Fsp3) is 0.375. The van der Waals surface area contributed by atoms with E-state index in [1.54, 1.807) is 4.68 Å². The lowest BCUT2D eigenvalue weighted by Crippen LogP contribution is -2.26. The van der Waals surface area contributed by atoms with Crippen LogP contribution in [0.15, 0.2) is 24.5 Å². The maximum absolute atomic E-state index is 9.44. The van der Waals surface area contributed by atoms with Crippen molar-refractivity contribution in [1.82, 2.24) is 9.78 Å². The van der Waals surface area contributed by atoms with Crippen LogP contribution in [-0.2, 0) is 7.05 Å². The zero-order chi connectivity index (χ0) is 14.3. The highest BCUT2D eigenvalue weighted by Crippen LogP contribution is 2.38. The number of nitrogens with zero attached hydrogens (tertiary/aromatic N) is 4. The van der Waals surface area contributed by atoms with Gasteiger partial charge in [0.15, 0.2) is 0 Å². The van der Waals surface area contributed by atoms with Crippen LogP contribution in [0.1, 0.15) is 30.4 Å². The van der Waals surface area contributed by atoms with Gasteiger partial charge < -0.3 is 4.90 Å². The molecule has 0 unspecified atom stereocenters. The third-order valence-electron chi connectivity index (χ3n) is 4.14. The predicted molar refractivity (Wildman–Crippen MR) is 79.7 cm³/mol. The second-order valence-electron chi connectivity index (χ2n) is 5.58. The van der Waals surface area contributed by atoms with Gasteiger partial charge in [-0.2, -0.15) is 10.4 Å². The minimum absolute atomic E-state index is 0.532. The van der Waals surface area contributed by atoms with Crippen LogP contribution < -0.4 is 4.90 Å². The van der Waals surface area contributed by atoms with E-state index < -0.39 is 0 Å². The van der Waals surface area contributed by atoms with Gasteiger partial charge in [0.25, 0.3) is 0 Å². The third-order valence-corrected chi connectivity index (χ3v) is 4.14. The van der Waals surface area contributed by atoms with E-state index in [0.29, 0.717) is 5.92 Å². The van der Waals surface area contributed by atoms with E-state index >= 15 is 0 Å². The van der Waals surface area contributed by atoms with Crippen LogP contribution in [0.5, 0.6) is 0 Å². The minimum Gasteiger partial charge on any atom is -0.374 e. The van der Waals surface area contributed by atoms with Gasteiger partial charge in [-0.15, -0.1) is 0 Å². The number of aromatic nitrogens is 2. The molecule has 1 aliphatic rings. The standard InChI is InChI=1S/C16H18N4/c1-11-4-5-19(2)16-6-12(8-17)15(7-14(11)16)13-9-18-20(3)10-13/h6-7,9-11H,4-5H2,1-3H3/t11-/m1/s1. The molecule has 20 heavy (non-hydrogen) atoms. The Morgan fingerprint density at radius 3 is 2.80 bits per heavy atom. The van der Waals surface area contributed by atoms with Crippen LogP contribution in [0.2, 0.25) is 0 Å². The molecule has 102 valence electrons. The molecule has 1 atom stereocenters. The van der Waals surface area contributed by atoms with Crippen LogP contribution in [0.25, 0.3) is 11.1 Å². The van der Waals surface area contributed by atoms with Crippen molar-refractivity contribution in [3.8, 4) is 17.2 Å². The van der Waals surface area contributed by atoms with Crippen LogP contribution in [-0.4, -0.2) is 23.4 Å². The van der Waals surface area contributed by atoms with Crippen LogP contribution in [0, 0.1) is 11.3 Å². The zero-order valence-corrected chi connectivity index (χ0v) is 12.1. The highest BCUT2D eigenvalue weighted by atomic mass is 15.2. The summed E-state index contributed by atoms with van der Waals surface area (Å²) in [6.45, 7) is 3.30. The number of anilines is 1. The van der Waals surface area contributed by atoms with Crippen molar-refractivity contribution in [2.45, 2.75) is 19.3 Å². The molecule has 1 aromatic carbocycles. The number of fused-ring (bicyclic) bond motifs is 1. The maximum atomic E-state index is 9.44.